The Morgan fingerprint density at radius 3 is 2.73 bits per heavy atom. The first-order valence-electron chi connectivity index (χ1n) is 4.28. The molecule has 0 fully saturated rings. The number of rotatable bonds is 3. The quantitative estimate of drug-likeness (QED) is 0.648. The maximum absolute atomic E-state index is 13.2. The van der Waals surface area contributed by atoms with E-state index in [-0.39, 0.29) is 24.7 Å². The van der Waals surface area contributed by atoms with Gasteiger partial charge >= 0.3 is 0 Å². The third-order valence-electron chi connectivity index (χ3n) is 1.72. The largest absolute Gasteiger partial charge is 0.481 e. The van der Waals surface area contributed by atoms with Crippen molar-refractivity contribution in [2.75, 3.05) is 6.61 Å². The van der Waals surface area contributed by atoms with Gasteiger partial charge in [-0.3, -0.25) is 5.41 Å². The average Bonchev–Trinajstić information content (AvgIpc) is 2.12. The summed E-state index contributed by atoms with van der Waals surface area (Å²) in [6.45, 7) is 2.18. The van der Waals surface area contributed by atoms with Gasteiger partial charge in [-0.2, -0.15) is 0 Å². The Bertz CT molecular complexity index is 324. The van der Waals surface area contributed by atoms with Gasteiger partial charge in [0.2, 0.25) is 0 Å². The summed E-state index contributed by atoms with van der Waals surface area (Å²) in [6, 6.07) is 4.45. The van der Waals surface area contributed by atoms with E-state index < -0.39 is 5.82 Å². The lowest BCUT2D eigenvalue weighted by molar-refractivity contribution is 0.316. The number of nitrogens with one attached hydrogen (secondary N) is 1. The zero-order chi connectivity index (χ0) is 10.6. The fourth-order valence-corrected chi connectivity index (χ4v) is 1.32. The van der Waals surface area contributed by atoms with Gasteiger partial charge in [0.25, 0.3) is 0 Å². The molecule has 1 N–H and O–H groups in total. The molecule has 0 atom stereocenters. The standard InChI is InChI=1S/C10H11ClFNO.ClH/c1-2-14-10(13)6-7-8(11)4-3-5-9(7)12;/h3-5,13H,2,6H2,1H3;1H. The first kappa shape index (κ1) is 14.2. The summed E-state index contributed by atoms with van der Waals surface area (Å²) in [5.74, 6) is -0.374. The molecule has 0 amide bonds. The molecule has 2 nitrogen and oxygen atoms in total. The molecule has 0 saturated heterocycles. The lowest BCUT2D eigenvalue weighted by Gasteiger charge is -2.07. The number of hydrogen-bond donors (Lipinski definition) is 1. The number of hydrogen-bond acceptors (Lipinski definition) is 2. The summed E-state index contributed by atoms with van der Waals surface area (Å²) in [5, 5.41) is 7.70. The second-order valence-electron chi connectivity index (χ2n) is 2.73. The van der Waals surface area contributed by atoms with E-state index in [1.54, 1.807) is 13.0 Å². The normalized spacial score (nSPS) is 9.27. The van der Waals surface area contributed by atoms with Crippen molar-refractivity contribution in [3.05, 3.63) is 34.6 Å². The lowest BCUT2D eigenvalue weighted by atomic mass is 10.1. The van der Waals surface area contributed by atoms with Gasteiger partial charge in [-0.25, -0.2) is 4.39 Å². The van der Waals surface area contributed by atoms with Crippen LogP contribution in [0, 0.1) is 11.2 Å². The van der Waals surface area contributed by atoms with Crippen molar-refractivity contribution >= 4 is 29.9 Å². The van der Waals surface area contributed by atoms with Crippen molar-refractivity contribution in [1.29, 1.82) is 5.41 Å². The van der Waals surface area contributed by atoms with Gasteiger partial charge in [0.15, 0.2) is 5.90 Å². The van der Waals surface area contributed by atoms with E-state index in [2.05, 4.69) is 0 Å². The van der Waals surface area contributed by atoms with Gasteiger partial charge in [-0.15, -0.1) is 12.4 Å². The van der Waals surface area contributed by atoms with Crippen LogP contribution in [0.3, 0.4) is 0 Å². The molecule has 84 valence electrons. The van der Waals surface area contributed by atoms with Crippen LogP contribution in [0.15, 0.2) is 18.2 Å². The molecular formula is C10H12Cl2FNO. The first-order valence-corrected chi connectivity index (χ1v) is 4.66. The summed E-state index contributed by atoms with van der Waals surface area (Å²) in [4.78, 5) is 0. The van der Waals surface area contributed by atoms with Crippen LogP contribution in [0.2, 0.25) is 5.02 Å². The maximum Gasteiger partial charge on any atom is 0.185 e. The summed E-state index contributed by atoms with van der Waals surface area (Å²) in [5.41, 5.74) is 0.313. The van der Waals surface area contributed by atoms with Crippen molar-refractivity contribution < 1.29 is 9.13 Å². The van der Waals surface area contributed by atoms with Crippen LogP contribution in [0.1, 0.15) is 12.5 Å². The molecule has 0 heterocycles. The Labute approximate surface area is 99.3 Å². The van der Waals surface area contributed by atoms with Crippen molar-refractivity contribution in [3.8, 4) is 0 Å². The monoisotopic (exact) mass is 251 g/mol. The van der Waals surface area contributed by atoms with Gasteiger partial charge in [0.1, 0.15) is 5.82 Å². The first-order chi connectivity index (χ1) is 6.65. The highest BCUT2D eigenvalue weighted by Crippen LogP contribution is 2.19. The average molecular weight is 252 g/mol. The fourth-order valence-electron chi connectivity index (χ4n) is 1.09. The minimum Gasteiger partial charge on any atom is -0.481 e. The van der Waals surface area contributed by atoms with Crippen LogP contribution in [0.5, 0.6) is 0 Å². The molecule has 1 rings (SSSR count). The molecule has 15 heavy (non-hydrogen) atoms. The lowest BCUT2D eigenvalue weighted by Crippen LogP contribution is -2.08. The van der Waals surface area contributed by atoms with E-state index in [0.717, 1.165) is 0 Å². The molecule has 0 spiro atoms. The maximum atomic E-state index is 13.2. The third kappa shape index (κ3) is 4.06. The second kappa shape index (κ2) is 6.64. The van der Waals surface area contributed by atoms with Crippen LogP contribution in [0.4, 0.5) is 4.39 Å². The highest BCUT2D eigenvalue weighted by molar-refractivity contribution is 6.31. The summed E-state index contributed by atoms with van der Waals surface area (Å²) in [6.07, 6.45) is 0.0966. The third-order valence-corrected chi connectivity index (χ3v) is 2.07. The molecule has 1 aromatic rings. The molecule has 1 aromatic carbocycles. The van der Waals surface area contributed by atoms with E-state index in [1.807, 2.05) is 0 Å². The smallest absolute Gasteiger partial charge is 0.185 e. The Balaban J connectivity index is 0.00000196. The highest BCUT2D eigenvalue weighted by Gasteiger charge is 2.09. The van der Waals surface area contributed by atoms with Crippen LogP contribution in [0.25, 0.3) is 0 Å². The number of halogens is 3. The summed E-state index contributed by atoms with van der Waals surface area (Å²) < 4.78 is 18.1. The van der Waals surface area contributed by atoms with Gasteiger partial charge in [-0.05, 0) is 19.1 Å². The Kier molecular flexibility index (Phi) is 6.29. The van der Waals surface area contributed by atoms with Gasteiger partial charge in [-0.1, -0.05) is 17.7 Å². The molecule has 0 aliphatic heterocycles. The molecule has 0 saturated carbocycles. The number of benzene rings is 1. The molecule has 0 bridgehead atoms. The zero-order valence-electron chi connectivity index (χ0n) is 8.22. The molecular weight excluding hydrogens is 240 g/mol. The van der Waals surface area contributed by atoms with Crippen molar-refractivity contribution in [3.63, 3.8) is 0 Å². The fraction of sp³-hybridized carbons (Fsp3) is 0.300. The van der Waals surface area contributed by atoms with Crippen LogP contribution >= 0.6 is 24.0 Å². The second-order valence-corrected chi connectivity index (χ2v) is 3.14. The SMILES string of the molecule is CCOC(=N)Cc1c(F)cccc1Cl.Cl. The van der Waals surface area contributed by atoms with E-state index in [0.29, 0.717) is 17.2 Å². The molecule has 0 aromatic heterocycles. The Hall–Kier alpha value is -0.800. The van der Waals surface area contributed by atoms with E-state index >= 15 is 0 Å². The van der Waals surface area contributed by atoms with Gasteiger partial charge < -0.3 is 4.74 Å². The molecule has 0 radical (unpaired) electrons. The molecule has 0 aliphatic rings. The molecule has 0 aliphatic carbocycles. The predicted molar refractivity (Wildman–Crippen MR) is 61.7 cm³/mol. The molecule has 5 heteroatoms. The minimum atomic E-state index is -0.401. The predicted octanol–water partition coefficient (Wildman–Crippen LogP) is 3.46. The molecule has 0 unspecified atom stereocenters. The Morgan fingerprint density at radius 1 is 1.53 bits per heavy atom. The van der Waals surface area contributed by atoms with Gasteiger partial charge in [0.05, 0.1) is 13.0 Å². The van der Waals surface area contributed by atoms with Crippen LogP contribution in [-0.2, 0) is 11.2 Å². The number of ether oxygens (including phenoxy) is 1. The summed E-state index contributed by atoms with van der Waals surface area (Å²) >= 11 is 5.78. The van der Waals surface area contributed by atoms with Crippen LogP contribution < -0.4 is 0 Å². The zero-order valence-corrected chi connectivity index (χ0v) is 9.79. The van der Waals surface area contributed by atoms with E-state index in [9.17, 15) is 4.39 Å². The highest BCUT2D eigenvalue weighted by atomic mass is 35.5. The van der Waals surface area contributed by atoms with Crippen molar-refractivity contribution in [1.82, 2.24) is 0 Å². The van der Waals surface area contributed by atoms with Gasteiger partial charge in [0, 0.05) is 10.6 Å². The van der Waals surface area contributed by atoms with E-state index in [4.69, 9.17) is 21.7 Å². The van der Waals surface area contributed by atoms with Crippen molar-refractivity contribution in [2.45, 2.75) is 13.3 Å². The van der Waals surface area contributed by atoms with E-state index in [1.165, 1.54) is 12.1 Å². The minimum absolute atomic E-state index is 0. The van der Waals surface area contributed by atoms with Crippen LogP contribution in [-0.4, -0.2) is 12.5 Å². The Morgan fingerprint density at radius 2 is 2.20 bits per heavy atom. The van der Waals surface area contributed by atoms with Crippen molar-refractivity contribution in [2.24, 2.45) is 0 Å². The topological polar surface area (TPSA) is 33.1 Å². The summed E-state index contributed by atoms with van der Waals surface area (Å²) in [7, 11) is 0.